The van der Waals surface area contributed by atoms with Crippen molar-refractivity contribution in [3.8, 4) is 39.7 Å². The number of nitrogens with zero attached hydrogens (tertiary/aromatic N) is 2. The topological polar surface area (TPSA) is 27.1 Å². The fourth-order valence-electron chi connectivity index (χ4n) is 8.24. The van der Waals surface area contributed by atoms with Crippen LogP contribution in [-0.2, 0) is 5.41 Å². The lowest BCUT2D eigenvalue weighted by molar-refractivity contribution is 0.432. The highest BCUT2D eigenvalue weighted by Crippen LogP contribution is 2.63. The number of hydrogen-bond donors (Lipinski definition) is 0. The van der Waals surface area contributed by atoms with Crippen LogP contribution in [0.15, 0.2) is 163 Å². The molecule has 2 aliphatic carbocycles. The molecule has 0 saturated carbocycles. The Morgan fingerprint density at radius 2 is 1.34 bits per heavy atom. The van der Waals surface area contributed by atoms with E-state index < -0.39 is 5.41 Å². The number of rotatable bonds is 3. The predicted molar refractivity (Wildman–Crippen MR) is 190 cm³/mol. The van der Waals surface area contributed by atoms with Gasteiger partial charge in [-0.05, 0) is 88.7 Å². The number of hydrogen-bond acceptors (Lipinski definition) is 2. The van der Waals surface area contributed by atoms with Crippen molar-refractivity contribution in [1.29, 1.82) is 0 Å². The summed E-state index contributed by atoms with van der Waals surface area (Å²) in [6, 6.07) is 52.1. The van der Waals surface area contributed by atoms with Crippen molar-refractivity contribution in [3.63, 3.8) is 0 Å². The Balaban J connectivity index is 1.19. The molecule has 0 amide bonds. The van der Waals surface area contributed by atoms with Gasteiger partial charge in [0, 0.05) is 22.4 Å². The Bertz CT molecular complexity index is 2450. The molecule has 1 aromatic heterocycles. The predicted octanol–water partition coefficient (Wildman–Crippen LogP) is 10.9. The molecule has 0 bridgehead atoms. The van der Waals surface area contributed by atoms with Gasteiger partial charge in [-0.25, -0.2) is 4.98 Å². The van der Waals surface area contributed by atoms with Gasteiger partial charge in [0.1, 0.15) is 17.3 Å². The summed E-state index contributed by atoms with van der Waals surface area (Å²) in [5.74, 6) is 2.80. The molecule has 0 fully saturated rings. The second-order valence-electron chi connectivity index (χ2n) is 12.6. The van der Waals surface area contributed by atoms with Gasteiger partial charge in [-0.3, -0.25) is 4.57 Å². The molecule has 47 heavy (non-hydrogen) atoms. The van der Waals surface area contributed by atoms with Gasteiger partial charge in [0.05, 0.1) is 16.4 Å². The van der Waals surface area contributed by atoms with Crippen molar-refractivity contribution >= 4 is 16.6 Å². The van der Waals surface area contributed by atoms with Crippen LogP contribution >= 0.6 is 0 Å². The number of benzene rings is 6. The second kappa shape index (κ2) is 10.0. The van der Waals surface area contributed by atoms with Gasteiger partial charge < -0.3 is 4.74 Å². The van der Waals surface area contributed by atoms with Crippen LogP contribution in [-0.4, -0.2) is 9.55 Å². The van der Waals surface area contributed by atoms with E-state index in [4.69, 9.17) is 9.72 Å². The third-order valence-electron chi connectivity index (χ3n) is 10.2. The molecule has 3 aliphatic rings. The third-order valence-corrected chi connectivity index (χ3v) is 10.2. The molecule has 0 N–H and O–H groups in total. The Labute approximate surface area is 273 Å². The first-order valence-electron chi connectivity index (χ1n) is 16.4. The maximum Gasteiger partial charge on any atom is 0.145 e. The number of aromatic nitrogens is 2. The van der Waals surface area contributed by atoms with E-state index in [2.05, 4.69) is 156 Å². The normalized spacial score (nSPS) is 17.3. The maximum absolute atomic E-state index is 6.69. The highest BCUT2D eigenvalue weighted by atomic mass is 16.5. The molecule has 1 atom stereocenters. The molecule has 7 aromatic rings. The summed E-state index contributed by atoms with van der Waals surface area (Å²) in [5.41, 5.74) is 14.1. The first kappa shape index (κ1) is 26.3. The molecule has 222 valence electrons. The monoisotopic (exact) mass is 602 g/mol. The lowest BCUT2D eigenvalue weighted by Crippen LogP contribution is -2.33. The fourth-order valence-corrected chi connectivity index (χ4v) is 8.24. The van der Waals surface area contributed by atoms with Gasteiger partial charge in [0.2, 0.25) is 0 Å². The highest BCUT2D eigenvalue weighted by Gasteiger charge is 2.52. The third kappa shape index (κ3) is 3.71. The zero-order valence-corrected chi connectivity index (χ0v) is 25.7. The van der Waals surface area contributed by atoms with E-state index in [1.165, 1.54) is 33.4 Å². The summed E-state index contributed by atoms with van der Waals surface area (Å²) in [5, 5.41) is 0. The van der Waals surface area contributed by atoms with E-state index >= 15 is 0 Å². The molecule has 0 saturated heterocycles. The van der Waals surface area contributed by atoms with Crippen LogP contribution in [0.2, 0.25) is 0 Å². The number of fused-ring (bicyclic) bond motifs is 9. The first-order chi connectivity index (χ1) is 23.3. The molecule has 1 spiro atoms. The lowest BCUT2D eigenvalue weighted by atomic mass is 9.64. The summed E-state index contributed by atoms with van der Waals surface area (Å²) in [6.07, 6.45) is 6.73. The van der Waals surface area contributed by atoms with Crippen molar-refractivity contribution in [2.45, 2.75) is 18.3 Å². The summed E-state index contributed by atoms with van der Waals surface area (Å²) >= 11 is 0. The smallest absolute Gasteiger partial charge is 0.145 e. The van der Waals surface area contributed by atoms with Gasteiger partial charge in [0.15, 0.2) is 0 Å². The Kier molecular flexibility index (Phi) is 5.62. The quantitative estimate of drug-likeness (QED) is 0.201. The minimum Gasteiger partial charge on any atom is -0.457 e. The molecule has 6 aromatic carbocycles. The standard InChI is InChI=1S/C44H30N2O/c1-2-13-29(14-3-1)43-45-39-22-9-10-23-40(39)46(43)32-16-12-15-30(27-32)31-25-26-42-38(28-31)44(37-21-8-11-24-41(37)47-42)35-19-6-4-17-33(35)34-18-5-7-20-36(34)44/h1-6,8-19,21-28H,7,20H2. The molecule has 1 aliphatic heterocycles. The highest BCUT2D eigenvalue weighted by molar-refractivity contribution is 5.93. The molecule has 1 unspecified atom stereocenters. The minimum absolute atomic E-state index is 0.407. The van der Waals surface area contributed by atoms with Crippen LogP contribution in [0.1, 0.15) is 35.1 Å². The molecular formula is C44H30N2O. The van der Waals surface area contributed by atoms with Crippen molar-refractivity contribution in [2.75, 3.05) is 0 Å². The molecule has 3 nitrogen and oxygen atoms in total. The van der Waals surface area contributed by atoms with Gasteiger partial charge in [-0.1, -0.05) is 115 Å². The van der Waals surface area contributed by atoms with Crippen molar-refractivity contribution < 1.29 is 4.74 Å². The Morgan fingerprint density at radius 3 is 2.28 bits per heavy atom. The van der Waals surface area contributed by atoms with Crippen LogP contribution in [0.5, 0.6) is 11.5 Å². The SMILES string of the molecule is C1=CC2=C(CC1)C1(c3ccccc3Oc3ccc(-c4cccc(-n5c(-c6ccccc6)nc6ccccc65)c4)cc31)c1ccccc12. The molecule has 2 heterocycles. The fraction of sp³-hybridized carbons (Fsp3) is 0.0682. The maximum atomic E-state index is 6.69. The summed E-state index contributed by atoms with van der Waals surface area (Å²) in [7, 11) is 0. The zero-order chi connectivity index (χ0) is 31.0. The van der Waals surface area contributed by atoms with E-state index in [1.54, 1.807) is 0 Å². The average Bonchev–Trinajstić information content (AvgIpc) is 3.67. The number of imidazole rings is 1. The van der Waals surface area contributed by atoms with Crippen LogP contribution in [0.4, 0.5) is 0 Å². The van der Waals surface area contributed by atoms with Crippen LogP contribution in [0, 0.1) is 0 Å². The average molecular weight is 603 g/mol. The largest absolute Gasteiger partial charge is 0.457 e. The van der Waals surface area contributed by atoms with Crippen molar-refractivity contribution in [2.24, 2.45) is 0 Å². The summed E-state index contributed by atoms with van der Waals surface area (Å²) in [6.45, 7) is 0. The Hall–Kier alpha value is -5.93. The van der Waals surface area contributed by atoms with Gasteiger partial charge in [-0.2, -0.15) is 0 Å². The molecule has 0 radical (unpaired) electrons. The van der Waals surface area contributed by atoms with Crippen LogP contribution in [0.25, 0.3) is 44.8 Å². The molecule has 10 rings (SSSR count). The lowest BCUT2D eigenvalue weighted by Gasteiger charge is -2.41. The summed E-state index contributed by atoms with van der Waals surface area (Å²) < 4.78 is 8.98. The molecular weight excluding hydrogens is 572 g/mol. The minimum atomic E-state index is -0.407. The van der Waals surface area contributed by atoms with Crippen LogP contribution in [0.3, 0.4) is 0 Å². The van der Waals surface area contributed by atoms with E-state index in [-0.39, 0.29) is 0 Å². The van der Waals surface area contributed by atoms with E-state index in [0.29, 0.717) is 0 Å². The van der Waals surface area contributed by atoms with Gasteiger partial charge >= 0.3 is 0 Å². The first-order valence-corrected chi connectivity index (χ1v) is 16.4. The second-order valence-corrected chi connectivity index (χ2v) is 12.6. The van der Waals surface area contributed by atoms with E-state index in [9.17, 15) is 0 Å². The molecule has 3 heteroatoms. The van der Waals surface area contributed by atoms with Crippen LogP contribution < -0.4 is 4.74 Å². The van der Waals surface area contributed by atoms with Crippen molar-refractivity contribution in [3.05, 3.63) is 186 Å². The van der Waals surface area contributed by atoms with E-state index in [0.717, 1.165) is 63.6 Å². The van der Waals surface area contributed by atoms with Gasteiger partial charge in [0.25, 0.3) is 0 Å². The number of para-hydroxylation sites is 3. The van der Waals surface area contributed by atoms with E-state index in [1.807, 2.05) is 6.07 Å². The number of ether oxygens (including phenoxy) is 1. The van der Waals surface area contributed by atoms with Crippen molar-refractivity contribution in [1.82, 2.24) is 9.55 Å². The van der Waals surface area contributed by atoms with Gasteiger partial charge in [-0.15, -0.1) is 0 Å². The number of allylic oxidation sites excluding steroid dienone is 4. The zero-order valence-electron chi connectivity index (χ0n) is 25.7. The Morgan fingerprint density at radius 1 is 0.596 bits per heavy atom. The summed E-state index contributed by atoms with van der Waals surface area (Å²) in [4.78, 5) is 5.08.